The van der Waals surface area contributed by atoms with Gasteiger partial charge in [-0.1, -0.05) is 29.8 Å². The van der Waals surface area contributed by atoms with E-state index in [0.29, 0.717) is 6.54 Å². The number of benzene rings is 2. The molecule has 2 N–H and O–H groups in total. The first kappa shape index (κ1) is 11.4. The zero-order chi connectivity index (χ0) is 12.7. The molecule has 1 nitrogen and oxygen atoms in total. The molecule has 0 aliphatic heterocycles. The summed E-state index contributed by atoms with van der Waals surface area (Å²) in [5.41, 5.74) is 11.7. The standard InChI is InChI=1S/C16H16FN/c1-10-2-4-12-13-5-3-11(17)9-16(13)14(6-7-18)15(12)8-10/h2-5,8-9,14H,6-7,18H2,1H3. The Morgan fingerprint density at radius 3 is 2.44 bits per heavy atom. The lowest BCUT2D eigenvalue weighted by Crippen LogP contribution is -2.06. The summed E-state index contributed by atoms with van der Waals surface area (Å²) in [6, 6.07) is 11.5. The number of rotatable bonds is 2. The Hall–Kier alpha value is -1.67. The van der Waals surface area contributed by atoms with E-state index < -0.39 is 0 Å². The van der Waals surface area contributed by atoms with Gasteiger partial charge in [0.25, 0.3) is 0 Å². The van der Waals surface area contributed by atoms with Gasteiger partial charge in [-0.25, -0.2) is 4.39 Å². The van der Waals surface area contributed by atoms with Gasteiger partial charge in [0.15, 0.2) is 0 Å². The summed E-state index contributed by atoms with van der Waals surface area (Å²) >= 11 is 0. The maximum Gasteiger partial charge on any atom is 0.123 e. The highest BCUT2D eigenvalue weighted by molar-refractivity contribution is 5.79. The Balaban J connectivity index is 2.22. The van der Waals surface area contributed by atoms with Crippen molar-refractivity contribution in [3.8, 4) is 11.1 Å². The molecule has 2 aromatic carbocycles. The summed E-state index contributed by atoms with van der Waals surface area (Å²) in [4.78, 5) is 0. The molecule has 2 aromatic rings. The molecular formula is C16H16FN. The number of fused-ring (bicyclic) bond motifs is 3. The van der Waals surface area contributed by atoms with Crippen LogP contribution >= 0.6 is 0 Å². The summed E-state index contributed by atoms with van der Waals surface area (Å²) in [5.74, 6) is 0.0795. The first-order valence-electron chi connectivity index (χ1n) is 6.31. The minimum absolute atomic E-state index is 0.166. The lowest BCUT2D eigenvalue weighted by molar-refractivity contribution is 0.622. The SMILES string of the molecule is Cc1ccc2c(c1)C(CCN)c1cc(F)ccc1-2. The van der Waals surface area contributed by atoms with Gasteiger partial charge in [0.1, 0.15) is 5.82 Å². The van der Waals surface area contributed by atoms with Crippen LogP contribution < -0.4 is 5.73 Å². The normalized spacial score (nSPS) is 16.5. The average molecular weight is 241 g/mol. The number of halogens is 1. The molecule has 1 atom stereocenters. The van der Waals surface area contributed by atoms with Crippen LogP contribution in [-0.2, 0) is 0 Å². The highest BCUT2D eigenvalue weighted by Gasteiger charge is 2.28. The molecule has 1 aliphatic rings. The number of nitrogens with two attached hydrogens (primary N) is 1. The zero-order valence-electron chi connectivity index (χ0n) is 10.4. The van der Waals surface area contributed by atoms with Crippen LogP contribution in [0.25, 0.3) is 11.1 Å². The number of hydrogen-bond donors (Lipinski definition) is 1. The van der Waals surface area contributed by atoms with E-state index in [4.69, 9.17) is 5.73 Å². The second kappa shape index (κ2) is 4.21. The molecule has 0 fully saturated rings. The minimum Gasteiger partial charge on any atom is -0.330 e. The van der Waals surface area contributed by atoms with Crippen molar-refractivity contribution in [3.05, 3.63) is 58.9 Å². The Morgan fingerprint density at radius 1 is 1.06 bits per heavy atom. The van der Waals surface area contributed by atoms with Gasteiger partial charge in [-0.3, -0.25) is 0 Å². The van der Waals surface area contributed by atoms with Crippen molar-refractivity contribution in [2.75, 3.05) is 6.54 Å². The van der Waals surface area contributed by atoms with Gasteiger partial charge in [-0.05, 0) is 54.3 Å². The lowest BCUT2D eigenvalue weighted by atomic mass is 9.93. The monoisotopic (exact) mass is 241 g/mol. The van der Waals surface area contributed by atoms with E-state index in [0.717, 1.165) is 17.5 Å². The Kier molecular flexibility index (Phi) is 2.67. The van der Waals surface area contributed by atoms with E-state index in [2.05, 4.69) is 25.1 Å². The third kappa shape index (κ3) is 1.65. The van der Waals surface area contributed by atoms with E-state index in [1.165, 1.54) is 22.8 Å². The summed E-state index contributed by atoms with van der Waals surface area (Å²) in [5, 5.41) is 0. The van der Waals surface area contributed by atoms with Crippen LogP contribution in [0.5, 0.6) is 0 Å². The molecule has 0 radical (unpaired) electrons. The third-order valence-corrected chi connectivity index (χ3v) is 3.72. The first-order chi connectivity index (χ1) is 8.70. The molecule has 0 saturated carbocycles. The van der Waals surface area contributed by atoms with Crippen molar-refractivity contribution >= 4 is 0 Å². The molecule has 0 bridgehead atoms. The van der Waals surface area contributed by atoms with Crippen molar-refractivity contribution in [2.45, 2.75) is 19.3 Å². The topological polar surface area (TPSA) is 26.0 Å². The molecule has 92 valence electrons. The minimum atomic E-state index is -0.166. The van der Waals surface area contributed by atoms with Gasteiger partial charge in [0.05, 0.1) is 0 Å². The highest BCUT2D eigenvalue weighted by atomic mass is 19.1. The van der Waals surface area contributed by atoms with Crippen LogP contribution in [0.1, 0.15) is 29.0 Å². The molecule has 2 heteroatoms. The second-order valence-corrected chi connectivity index (χ2v) is 4.95. The largest absolute Gasteiger partial charge is 0.330 e. The fraction of sp³-hybridized carbons (Fsp3) is 0.250. The van der Waals surface area contributed by atoms with E-state index >= 15 is 0 Å². The van der Waals surface area contributed by atoms with Gasteiger partial charge in [0.2, 0.25) is 0 Å². The van der Waals surface area contributed by atoms with E-state index in [1.807, 2.05) is 6.07 Å². The van der Waals surface area contributed by atoms with Crippen molar-refractivity contribution < 1.29 is 4.39 Å². The molecule has 1 aliphatic carbocycles. The Bertz CT molecular complexity index is 553. The van der Waals surface area contributed by atoms with Crippen molar-refractivity contribution in [1.82, 2.24) is 0 Å². The van der Waals surface area contributed by atoms with E-state index in [-0.39, 0.29) is 11.7 Å². The second-order valence-electron chi connectivity index (χ2n) is 4.95. The lowest BCUT2D eigenvalue weighted by Gasteiger charge is -2.12. The molecule has 0 amide bonds. The maximum atomic E-state index is 13.4. The van der Waals surface area contributed by atoms with Gasteiger partial charge < -0.3 is 5.73 Å². The van der Waals surface area contributed by atoms with Gasteiger partial charge >= 0.3 is 0 Å². The fourth-order valence-electron chi connectivity index (χ4n) is 2.93. The summed E-state index contributed by atoms with van der Waals surface area (Å²) in [7, 11) is 0. The Labute approximate surface area is 106 Å². The smallest absolute Gasteiger partial charge is 0.123 e. The molecule has 18 heavy (non-hydrogen) atoms. The van der Waals surface area contributed by atoms with Crippen LogP contribution in [0, 0.1) is 12.7 Å². The molecule has 0 heterocycles. The highest BCUT2D eigenvalue weighted by Crippen LogP contribution is 2.46. The third-order valence-electron chi connectivity index (χ3n) is 3.72. The number of hydrogen-bond acceptors (Lipinski definition) is 1. The summed E-state index contributed by atoms with van der Waals surface area (Å²) < 4.78 is 13.4. The van der Waals surface area contributed by atoms with Gasteiger partial charge in [-0.2, -0.15) is 0 Å². The molecule has 0 spiro atoms. The van der Waals surface area contributed by atoms with Gasteiger partial charge in [0, 0.05) is 5.92 Å². The molecule has 1 unspecified atom stereocenters. The zero-order valence-corrected chi connectivity index (χ0v) is 10.4. The predicted molar refractivity (Wildman–Crippen MR) is 72.1 cm³/mol. The summed E-state index contributed by atoms with van der Waals surface area (Å²) in [6.07, 6.45) is 0.868. The van der Waals surface area contributed by atoms with E-state index in [9.17, 15) is 4.39 Å². The fourth-order valence-corrected chi connectivity index (χ4v) is 2.93. The van der Waals surface area contributed by atoms with Crippen molar-refractivity contribution in [3.63, 3.8) is 0 Å². The summed E-state index contributed by atoms with van der Waals surface area (Å²) in [6.45, 7) is 2.71. The molecule has 0 aromatic heterocycles. The predicted octanol–water partition coefficient (Wildman–Crippen LogP) is 3.60. The molecular weight excluding hydrogens is 225 g/mol. The van der Waals surface area contributed by atoms with Crippen LogP contribution in [0.3, 0.4) is 0 Å². The average Bonchev–Trinajstić information content (AvgIpc) is 2.63. The van der Waals surface area contributed by atoms with Crippen LogP contribution in [0.2, 0.25) is 0 Å². The van der Waals surface area contributed by atoms with E-state index in [1.54, 1.807) is 6.07 Å². The van der Waals surface area contributed by atoms with Crippen molar-refractivity contribution in [1.29, 1.82) is 0 Å². The van der Waals surface area contributed by atoms with Crippen LogP contribution in [0.15, 0.2) is 36.4 Å². The molecule has 0 saturated heterocycles. The Morgan fingerprint density at radius 2 is 1.72 bits per heavy atom. The van der Waals surface area contributed by atoms with Crippen LogP contribution in [0.4, 0.5) is 4.39 Å². The quantitative estimate of drug-likeness (QED) is 0.854. The maximum absolute atomic E-state index is 13.4. The van der Waals surface area contributed by atoms with Crippen molar-refractivity contribution in [2.24, 2.45) is 5.73 Å². The first-order valence-corrected chi connectivity index (χ1v) is 6.31. The number of aryl methyl sites for hydroxylation is 1. The molecule has 3 rings (SSSR count). The van der Waals surface area contributed by atoms with Gasteiger partial charge in [-0.15, -0.1) is 0 Å². The van der Waals surface area contributed by atoms with Crippen LogP contribution in [-0.4, -0.2) is 6.54 Å².